The van der Waals surface area contributed by atoms with Crippen LogP contribution in [-0.4, -0.2) is 17.2 Å². The van der Waals surface area contributed by atoms with Crippen LogP contribution in [0.2, 0.25) is 0 Å². The fourth-order valence-corrected chi connectivity index (χ4v) is 1.53. The maximum atomic E-state index is 10.4. The molecule has 1 atom stereocenters. The average Bonchev–Trinajstić information content (AvgIpc) is 2.07. The molecule has 1 unspecified atom stereocenters. The number of rotatable bonds is 3. The molecule has 0 aromatic heterocycles. The van der Waals surface area contributed by atoms with Gasteiger partial charge in [0.05, 0.1) is 0 Å². The number of benzene rings is 1. The molecule has 0 aliphatic heterocycles. The summed E-state index contributed by atoms with van der Waals surface area (Å²) in [7, 11) is 0. The molecule has 1 aromatic carbocycles. The molecule has 1 amide bonds. The highest BCUT2D eigenvalue weighted by atomic mass is 32.1. The van der Waals surface area contributed by atoms with Gasteiger partial charge in [-0.3, -0.25) is 0 Å². The van der Waals surface area contributed by atoms with Gasteiger partial charge in [0.15, 0.2) is 0 Å². The number of hydrogen-bond donors (Lipinski definition) is 3. The largest absolute Gasteiger partial charge is 0.465 e. The zero-order chi connectivity index (χ0) is 10.6. The van der Waals surface area contributed by atoms with E-state index in [1.807, 2.05) is 31.2 Å². The van der Waals surface area contributed by atoms with Crippen LogP contribution in [0.1, 0.15) is 12.5 Å². The van der Waals surface area contributed by atoms with Crippen LogP contribution in [0.5, 0.6) is 0 Å². The molecule has 14 heavy (non-hydrogen) atoms. The summed E-state index contributed by atoms with van der Waals surface area (Å²) in [6, 6.07) is 7.57. The van der Waals surface area contributed by atoms with Crippen LogP contribution in [0.3, 0.4) is 0 Å². The Morgan fingerprint density at radius 2 is 2.21 bits per heavy atom. The van der Waals surface area contributed by atoms with Crippen molar-refractivity contribution >= 4 is 18.7 Å². The number of carboxylic acid groups (broad SMARTS) is 1. The van der Waals surface area contributed by atoms with E-state index in [0.29, 0.717) is 6.42 Å². The van der Waals surface area contributed by atoms with E-state index in [0.717, 1.165) is 10.5 Å². The van der Waals surface area contributed by atoms with Crippen molar-refractivity contribution in [3.05, 3.63) is 29.8 Å². The zero-order valence-corrected chi connectivity index (χ0v) is 8.79. The van der Waals surface area contributed by atoms with Crippen molar-refractivity contribution in [1.29, 1.82) is 0 Å². The summed E-state index contributed by atoms with van der Waals surface area (Å²) >= 11 is 4.29. The molecule has 0 spiro atoms. The molecule has 0 bridgehead atoms. The van der Waals surface area contributed by atoms with Crippen LogP contribution >= 0.6 is 12.6 Å². The summed E-state index contributed by atoms with van der Waals surface area (Å²) in [6.07, 6.45) is -0.333. The minimum Gasteiger partial charge on any atom is -0.465 e. The standard InChI is InChI=1S/C10H13NO2S/c1-7(11-10(12)13)6-8-4-2-3-5-9(8)14/h2-5,7,11,14H,6H2,1H3,(H,12,13). The van der Waals surface area contributed by atoms with E-state index in [1.54, 1.807) is 0 Å². The molecule has 0 aliphatic rings. The summed E-state index contributed by atoms with van der Waals surface area (Å²) in [5.74, 6) is 0. The molecule has 0 saturated heterocycles. The topological polar surface area (TPSA) is 49.3 Å². The van der Waals surface area contributed by atoms with Crippen molar-refractivity contribution in [3.63, 3.8) is 0 Å². The van der Waals surface area contributed by atoms with Gasteiger partial charge in [-0.1, -0.05) is 18.2 Å². The minimum absolute atomic E-state index is 0.0965. The second-order valence-corrected chi connectivity index (χ2v) is 3.67. The maximum Gasteiger partial charge on any atom is 0.404 e. The first-order valence-corrected chi connectivity index (χ1v) is 4.80. The van der Waals surface area contributed by atoms with Gasteiger partial charge in [-0.25, -0.2) is 4.79 Å². The first-order chi connectivity index (χ1) is 6.59. The Bertz CT molecular complexity index is 328. The third kappa shape index (κ3) is 3.30. The van der Waals surface area contributed by atoms with E-state index in [1.165, 1.54) is 0 Å². The Kier molecular flexibility index (Phi) is 3.83. The molecule has 0 radical (unpaired) electrons. The fourth-order valence-electron chi connectivity index (χ4n) is 1.28. The highest BCUT2D eigenvalue weighted by Gasteiger charge is 2.07. The van der Waals surface area contributed by atoms with E-state index >= 15 is 0 Å². The normalized spacial score (nSPS) is 12.1. The molecule has 76 valence electrons. The van der Waals surface area contributed by atoms with Crippen molar-refractivity contribution in [2.75, 3.05) is 0 Å². The lowest BCUT2D eigenvalue weighted by molar-refractivity contribution is 0.190. The summed E-state index contributed by atoms with van der Waals surface area (Å²) in [4.78, 5) is 11.2. The quantitative estimate of drug-likeness (QED) is 0.671. The van der Waals surface area contributed by atoms with Gasteiger partial charge in [0.25, 0.3) is 0 Å². The van der Waals surface area contributed by atoms with E-state index in [2.05, 4.69) is 17.9 Å². The Labute approximate surface area is 88.6 Å². The second-order valence-electron chi connectivity index (χ2n) is 3.18. The van der Waals surface area contributed by atoms with Gasteiger partial charge in [0.1, 0.15) is 0 Å². The highest BCUT2D eigenvalue weighted by Crippen LogP contribution is 2.14. The average molecular weight is 211 g/mol. The molecule has 0 saturated carbocycles. The van der Waals surface area contributed by atoms with E-state index in [9.17, 15) is 4.79 Å². The SMILES string of the molecule is CC(Cc1ccccc1S)NC(=O)O. The third-order valence-corrected chi connectivity index (χ3v) is 2.32. The molecule has 3 nitrogen and oxygen atoms in total. The molecule has 0 fully saturated rings. The van der Waals surface area contributed by atoms with Crippen molar-refractivity contribution in [2.45, 2.75) is 24.3 Å². The van der Waals surface area contributed by atoms with Crippen LogP contribution in [0.4, 0.5) is 4.79 Å². The molecular weight excluding hydrogens is 198 g/mol. The van der Waals surface area contributed by atoms with E-state index in [-0.39, 0.29) is 6.04 Å². The molecule has 1 aromatic rings. The van der Waals surface area contributed by atoms with Crippen LogP contribution in [-0.2, 0) is 6.42 Å². The predicted molar refractivity (Wildman–Crippen MR) is 58.0 cm³/mol. The third-order valence-electron chi connectivity index (χ3n) is 1.89. The molecule has 4 heteroatoms. The molecule has 1 rings (SSSR count). The highest BCUT2D eigenvalue weighted by molar-refractivity contribution is 7.80. The Morgan fingerprint density at radius 1 is 1.57 bits per heavy atom. The van der Waals surface area contributed by atoms with Gasteiger partial charge in [0, 0.05) is 10.9 Å². The van der Waals surface area contributed by atoms with Crippen molar-refractivity contribution in [3.8, 4) is 0 Å². The first kappa shape index (κ1) is 10.9. The van der Waals surface area contributed by atoms with Crippen molar-refractivity contribution in [1.82, 2.24) is 5.32 Å². The molecule has 2 N–H and O–H groups in total. The molecular formula is C10H13NO2S. The van der Waals surface area contributed by atoms with Crippen LogP contribution in [0, 0.1) is 0 Å². The van der Waals surface area contributed by atoms with Crippen LogP contribution < -0.4 is 5.32 Å². The van der Waals surface area contributed by atoms with Gasteiger partial charge in [0.2, 0.25) is 0 Å². The number of hydrogen-bond acceptors (Lipinski definition) is 2. The molecule has 0 aliphatic carbocycles. The van der Waals surface area contributed by atoms with Crippen LogP contribution in [0.15, 0.2) is 29.2 Å². The van der Waals surface area contributed by atoms with Crippen LogP contribution in [0.25, 0.3) is 0 Å². The van der Waals surface area contributed by atoms with Crippen molar-refractivity contribution < 1.29 is 9.90 Å². The lowest BCUT2D eigenvalue weighted by Gasteiger charge is -2.12. The van der Waals surface area contributed by atoms with E-state index in [4.69, 9.17) is 5.11 Å². The predicted octanol–water partition coefficient (Wildman–Crippen LogP) is 2.17. The number of carbonyl (C=O) groups is 1. The summed E-state index contributed by atoms with van der Waals surface area (Å²) < 4.78 is 0. The molecule has 0 heterocycles. The maximum absolute atomic E-state index is 10.4. The number of nitrogens with one attached hydrogen (secondary N) is 1. The summed E-state index contributed by atoms with van der Waals surface area (Å²) in [5.41, 5.74) is 1.05. The van der Waals surface area contributed by atoms with Gasteiger partial charge < -0.3 is 10.4 Å². The van der Waals surface area contributed by atoms with Gasteiger partial charge in [-0.15, -0.1) is 12.6 Å². The van der Waals surface area contributed by atoms with E-state index < -0.39 is 6.09 Å². The number of amides is 1. The smallest absolute Gasteiger partial charge is 0.404 e. The first-order valence-electron chi connectivity index (χ1n) is 4.36. The van der Waals surface area contributed by atoms with Gasteiger partial charge >= 0.3 is 6.09 Å². The fraction of sp³-hybridized carbons (Fsp3) is 0.300. The minimum atomic E-state index is -0.992. The lowest BCUT2D eigenvalue weighted by atomic mass is 10.1. The Morgan fingerprint density at radius 3 is 2.79 bits per heavy atom. The lowest BCUT2D eigenvalue weighted by Crippen LogP contribution is -2.32. The Hall–Kier alpha value is -1.16. The summed E-state index contributed by atoms with van der Waals surface area (Å²) in [5, 5.41) is 10.9. The summed E-state index contributed by atoms with van der Waals surface area (Å²) in [6.45, 7) is 1.83. The second kappa shape index (κ2) is 4.91. The van der Waals surface area contributed by atoms with Gasteiger partial charge in [-0.05, 0) is 25.0 Å². The monoisotopic (exact) mass is 211 g/mol. The zero-order valence-electron chi connectivity index (χ0n) is 7.90. The number of thiol groups is 1. The van der Waals surface area contributed by atoms with Gasteiger partial charge in [-0.2, -0.15) is 0 Å². The Balaban J connectivity index is 2.60. The van der Waals surface area contributed by atoms with Crippen molar-refractivity contribution in [2.24, 2.45) is 0 Å².